The highest BCUT2D eigenvalue weighted by atomic mass is 79.9. The van der Waals surface area contributed by atoms with Crippen LogP contribution in [-0.2, 0) is 0 Å². The summed E-state index contributed by atoms with van der Waals surface area (Å²) in [6, 6.07) is 8.51. The predicted octanol–water partition coefficient (Wildman–Crippen LogP) is 5.74. The molecule has 0 aliphatic carbocycles. The van der Waals surface area contributed by atoms with Crippen LogP contribution in [0.3, 0.4) is 0 Å². The molecule has 2 aromatic carbocycles. The van der Waals surface area contributed by atoms with Crippen LogP contribution in [0, 0.1) is 5.82 Å². The number of ether oxygens (including phenoxy) is 2. The van der Waals surface area contributed by atoms with Crippen LogP contribution in [0.4, 0.5) is 4.39 Å². The van der Waals surface area contributed by atoms with Gasteiger partial charge in [0.15, 0.2) is 11.5 Å². The van der Waals surface area contributed by atoms with Crippen molar-refractivity contribution in [2.24, 2.45) is 0 Å². The highest BCUT2D eigenvalue weighted by Gasteiger charge is 2.21. The lowest BCUT2D eigenvalue weighted by atomic mass is 10.0. The third kappa shape index (κ3) is 3.35. The Kier molecular flexibility index (Phi) is 5.52. The number of benzene rings is 2. The molecule has 0 bridgehead atoms. The Balaban J connectivity index is 2.53. The molecule has 6 heteroatoms. The summed E-state index contributed by atoms with van der Waals surface area (Å²) in [5.74, 6) is 0.739. The maximum atomic E-state index is 14.2. The zero-order chi connectivity index (χ0) is 15.6. The molecule has 21 heavy (non-hydrogen) atoms. The van der Waals surface area contributed by atoms with Gasteiger partial charge in [0.2, 0.25) is 0 Å². The van der Waals surface area contributed by atoms with Gasteiger partial charge in [0.1, 0.15) is 5.82 Å². The Morgan fingerprint density at radius 3 is 2.33 bits per heavy atom. The van der Waals surface area contributed by atoms with Gasteiger partial charge >= 0.3 is 0 Å². The third-order valence-corrected chi connectivity index (χ3v) is 4.96. The van der Waals surface area contributed by atoms with Crippen LogP contribution in [0.5, 0.6) is 11.5 Å². The molecule has 0 spiro atoms. The first-order valence-corrected chi connectivity index (χ1v) is 8.07. The fraction of sp³-hybridized carbons (Fsp3) is 0.200. The molecule has 2 rings (SSSR count). The molecule has 0 N–H and O–H groups in total. The van der Waals surface area contributed by atoms with Gasteiger partial charge in [0, 0.05) is 16.7 Å². The summed E-state index contributed by atoms with van der Waals surface area (Å²) in [5.41, 5.74) is 1.19. The molecule has 0 aliphatic heterocycles. The molecular formula is C15H12Br2ClFO2. The molecule has 0 fully saturated rings. The van der Waals surface area contributed by atoms with Gasteiger partial charge in [-0.1, -0.05) is 39.7 Å². The Hall–Kier alpha value is -0.780. The molecule has 0 radical (unpaired) electrons. The summed E-state index contributed by atoms with van der Waals surface area (Å²) in [6.45, 7) is 0. The molecular weight excluding hydrogens is 426 g/mol. The number of hydrogen-bond donors (Lipinski definition) is 0. The summed E-state index contributed by atoms with van der Waals surface area (Å²) in [7, 11) is 3.08. The zero-order valence-electron chi connectivity index (χ0n) is 11.3. The van der Waals surface area contributed by atoms with Crippen LogP contribution >= 0.6 is 43.5 Å². The number of methoxy groups -OCH3 is 2. The topological polar surface area (TPSA) is 18.5 Å². The smallest absolute Gasteiger partial charge is 0.162 e. The van der Waals surface area contributed by atoms with Crippen molar-refractivity contribution < 1.29 is 13.9 Å². The number of hydrogen-bond acceptors (Lipinski definition) is 2. The maximum absolute atomic E-state index is 14.2. The van der Waals surface area contributed by atoms with Gasteiger partial charge in [0.25, 0.3) is 0 Å². The Bertz CT molecular complexity index is 664. The van der Waals surface area contributed by atoms with E-state index in [0.717, 1.165) is 0 Å². The van der Waals surface area contributed by atoms with Gasteiger partial charge < -0.3 is 9.47 Å². The van der Waals surface area contributed by atoms with Gasteiger partial charge in [0.05, 0.1) is 23.5 Å². The van der Waals surface area contributed by atoms with Crippen molar-refractivity contribution in [2.75, 3.05) is 14.2 Å². The zero-order valence-corrected chi connectivity index (χ0v) is 15.2. The fourth-order valence-corrected chi connectivity index (χ4v) is 3.46. The Morgan fingerprint density at radius 1 is 1.10 bits per heavy atom. The van der Waals surface area contributed by atoms with E-state index in [-0.39, 0.29) is 5.82 Å². The number of alkyl halides is 1. The summed E-state index contributed by atoms with van der Waals surface area (Å²) >= 11 is 13.0. The van der Waals surface area contributed by atoms with Crippen molar-refractivity contribution in [1.29, 1.82) is 0 Å². The summed E-state index contributed by atoms with van der Waals surface area (Å²) in [6.07, 6.45) is 0. The predicted molar refractivity (Wildman–Crippen MR) is 89.4 cm³/mol. The van der Waals surface area contributed by atoms with Crippen molar-refractivity contribution in [3.63, 3.8) is 0 Å². The van der Waals surface area contributed by atoms with E-state index in [9.17, 15) is 4.39 Å². The molecule has 1 atom stereocenters. The Morgan fingerprint density at radius 2 is 1.71 bits per heavy atom. The summed E-state index contributed by atoms with van der Waals surface area (Å²) < 4.78 is 25.1. The largest absolute Gasteiger partial charge is 0.493 e. The average molecular weight is 439 g/mol. The van der Waals surface area contributed by atoms with E-state index in [4.69, 9.17) is 21.1 Å². The van der Waals surface area contributed by atoms with Crippen molar-refractivity contribution in [2.45, 2.75) is 4.83 Å². The molecule has 0 aliphatic rings. The molecule has 2 aromatic rings. The van der Waals surface area contributed by atoms with E-state index in [2.05, 4.69) is 31.9 Å². The molecule has 112 valence electrons. The van der Waals surface area contributed by atoms with Gasteiger partial charge in [-0.15, -0.1) is 0 Å². The highest BCUT2D eigenvalue weighted by Crippen LogP contribution is 2.42. The van der Waals surface area contributed by atoms with Gasteiger partial charge in [-0.05, 0) is 33.6 Å². The molecule has 0 heterocycles. The SMILES string of the molecule is COc1cc(Cl)c(C(Br)c2cccc(Br)c2F)cc1OC. The third-order valence-electron chi connectivity index (χ3n) is 3.03. The van der Waals surface area contributed by atoms with E-state index >= 15 is 0 Å². The summed E-state index contributed by atoms with van der Waals surface area (Å²) in [4.78, 5) is -0.401. The first-order valence-electron chi connectivity index (χ1n) is 5.99. The minimum Gasteiger partial charge on any atom is -0.493 e. The van der Waals surface area contributed by atoms with Crippen LogP contribution < -0.4 is 9.47 Å². The van der Waals surface area contributed by atoms with E-state index in [0.29, 0.717) is 32.1 Å². The minimum atomic E-state index is -0.401. The quantitative estimate of drug-likeness (QED) is 0.567. The molecule has 2 nitrogen and oxygen atoms in total. The lowest BCUT2D eigenvalue weighted by Gasteiger charge is -2.17. The standard InChI is InChI=1S/C15H12Br2ClFO2/c1-20-12-6-9(11(18)7-13(12)21-2)14(17)8-4-3-5-10(16)15(8)19/h3-7,14H,1-2H3. The molecule has 0 amide bonds. The first-order chi connectivity index (χ1) is 9.99. The van der Waals surface area contributed by atoms with Crippen LogP contribution in [0.2, 0.25) is 5.02 Å². The summed E-state index contributed by atoms with van der Waals surface area (Å²) in [5, 5.41) is 0.467. The molecule has 1 unspecified atom stereocenters. The van der Waals surface area contributed by atoms with Crippen LogP contribution in [0.15, 0.2) is 34.8 Å². The fourth-order valence-electron chi connectivity index (χ4n) is 1.95. The lowest BCUT2D eigenvalue weighted by Crippen LogP contribution is -2.00. The van der Waals surface area contributed by atoms with Crippen LogP contribution in [0.25, 0.3) is 0 Å². The normalized spacial score (nSPS) is 12.1. The lowest BCUT2D eigenvalue weighted by molar-refractivity contribution is 0.354. The Labute approximate surface area is 144 Å². The monoisotopic (exact) mass is 436 g/mol. The van der Waals surface area contributed by atoms with Crippen molar-refractivity contribution in [3.05, 3.63) is 56.8 Å². The second-order valence-electron chi connectivity index (χ2n) is 4.23. The van der Waals surface area contributed by atoms with Crippen molar-refractivity contribution in [1.82, 2.24) is 0 Å². The van der Waals surface area contributed by atoms with Gasteiger partial charge in [-0.25, -0.2) is 4.39 Å². The van der Waals surface area contributed by atoms with Crippen molar-refractivity contribution in [3.8, 4) is 11.5 Å². The second kappa shape index (κ2) is 6.99. The second-order valence-corrected chi connectivity index (χ2v) is 6.41. The van der Waals surface area contributed by atoms with E-state index in [1.165, 1.54) is 7.11 Å². The highest BCUT2D eigenvalue weighted by molar-refractivity contribution is 9.10. The van der Waals surface area contributed by atoms with Gasteiger partial charge in [-0.2, -0.15) is 0 Å². The molecule has 0 saturated carbocycles. The average Bonchev–Trinajstić information content (AvgIpc) is 2.49. The van der Waals surface area contributed by atoms with E-state index in [1.807, 2.05) is 0 Å². The van der Waals surface area contributed by atoms with Crippen molar-refractivity contribution >= 4 is 43.5 Å². The number of halogens is 4. The van der Waals surface area contributed by atoms with Crippen LogP contribution in [-0.4, -0.2) is 14.2 Å². The molecule has 0 saturated heterocycles. The molecule has 0 aromatic heterocycles. The minimum absolute atomic E-state index is 0.328. The van der Waals surface area contributed by atoms with E-state index in [1.54, 1.807) is 37.4 Å². The first kappa shape index (κ1) is 16.6. The van der Waals surface area contributed by atoms with Gasteiger partial charge in [-0.3, -0.25) is 0 Å². The maximum Gasteiger partial charge on any atom is 0.162 e. The number of rotatable bonds is 4. The van der Waals surface area contributed by atoms with Crippen LogP contribution in [0.1, 0.15) is 16.0 Å². The van der Waals surface area contributed by atoms with E-state index < -0.39 is 4.83 Å².